The predicted octanol–water partition coefficient (Wildman–Crippen LogP) is 3.52. The van der Waals surface area contributed by atoms with Gasteiger partial charge in [0.2, 0.25) is 0 Å². The summed E-state index contributed by atoms with van der Waals surface area (Å²) in [5.41, 5.74) is 9.20. The first-order chi connectivity index (χ1) is 9.51. The zero-order chi connectivity index (χ0) is 14.7. The molecule has 0 saturated heterocycles. The molecule has 0 aliphatic carbocycles. The number of hydrazine groups is 1. The van der Waals surface area contributed by atoms with E-state index in [1.54, 1.807) is 6.20 Å². The Labute approximate surface area is 128 Å². The van der Waals surface area contributed by atoms with Crippen molar-refractivity contribution in [3.8, 4) is 0 Å². The first kappa shape index (κ1) is 15.2. The van der Waals surface area contributed by atoms with Gasteiger partial charge in [0, 0.05) is 16.9 Å². The standard InChI is InChI=1S/C16H20BrN3/c1-10-4-11(2)16(12(3)5-10)15(20-18)7-13-6-14(17)9-19-8-13/h4-6,8-9,15,20H,7,18H2,1-3H3. The molecule has 4 heteroatoms. The van der Waals surface area contributed by atoms with Crippen molar-refractivity contribution < 1.29 is 0 Å². The fourth-order valence-corrected chi connectivity index (χ4v) is 3.20. The minimum absolute atomic E-state index is 0.0895. The molecule has 0 aliphatic rings. The highest BCUT2D eigenvalue weighted by molar-refractivity contribution is 9.10. The average Bonchev–Trinajstić information content (AvgIpc) is 2.36. The Hall–Kier alpha value is -1.23. The van der Waals surface area contributed by atoms with Crippen molar-refractivity contribution in [1.29, 1.82) is 0 Å². The highest BCUT2D eigenvalue weighted by Gasteiger charge is 2.16. The van der Waals surface area contributed by atoms with Gasteiger partial charge < -0.3 is 0 Å². The molecule has 0 fully saturated rings. The van der Waals surface area contributed by atoms with E-state index in [1.807, 2.05) is 6.20 Å². The van der Waals surface area contributed by atoms with Crippen molar-refractivity contribution in [2.75, 3.05) is 0 Å². The third kappa shape index (κ3) is 3.45. The maximum Gasteiger partial charge on any atom is 0.0506 e. The number of nitrogens with zero attached hydrogens (tertiary/aromatic N) is 1. The van der Waals surface area contributed by atoms with Gasteiger partial charge in [-0.2, -0.15) is 0 Å². The van der Waals surface area contributed by atoms with Gasteiger partial charge in [0.1, 0.15) is 0 Å². The molecule has 2 rings (SSSR count). The van der Waals surface area contributed by atoms with E-state index in [-0.39, 0.29) is 6.04 Å². The molecule has 1 aromatic heterocycles. The summed E-state index contributed by atoms with van der Waals surface area (Å²) in [4.78, 5) is 4.21. The molecule has 0 amide bonds. The summed E-state index contributed by atoms with van der Waals surface area (Å²) in [6.07, 6.45) is 4.48. The Morgan fingerprint density at radius 2 is 1.80 bits per heavy atom. The zero-order valence-corrected chi connectivity index (χ0v) is 13.7. The second-order valence-electron chi connectivity index (χ2n) is 5.25. The van der Waals surface area contributed by atoms with Crippen LogP contribution in [0.1, 0.15) is 33.9 Å². The first-order valence-corrected chi connectivity index (χ1v) is 7.44. The van der Waals surface area contributed by atoms with Crippen LogP contribution in [0.15, 0.2) is 35.1 Å². The summed E-state index contributed by atoms with van der Waals surface area (Å²) < 4.78 is 0.989. The average molecular weight is 334 g/mol. The van der Waals surface area contributed by atoms with E-state index in [9.17, 15) is 0 Å². The summed E-state index contributed by atoms with van der Waals surface area (Å²) in [6, 6.07) is 6.57. The fourth-order valence-electron chi connectivity index (χ4n) is 2.79. The van der Waals surface area contributed by atoms with E-state index in [1.165, 1.54) is 22.3 Å². The molecule has 0 spiro atoms. The highest BCUT2D eigenvalue weighted by Crippen LogP contribution is 2.26. The maximum atomic E-state index is 5.78. The Morgan fingerprint density at radius 3 is 2.35 bits per heavy atom. The number of hydrogen-bond acceptors (Lipinski definition) is 3. The largest absolute Gasteiger partial charge is 0.271 e. The number of nitrogens with two attached hydrogens (primary N) is 1. The van der Waals surface area contributed by atoms with Crippen LogP contribution in [0, 0.1) is 20.8 Å². The van der Waals surface area contributed by atoms with Crippen molar-refractivity contribution >= 4 is 15.9 Å². The second kappa shape index (κ2) is 6.48. The van der Waals surface area contributed by atoms with E-state index >= 15 is 0 Å². The van der Waals surface area contributed by atoms with Crippen LogP contribution in [0.25, 0.3) is 0 Å². The van der Waals surface area contributed by atoms with Gasteiger partial charge in [-0.3, -0.25) is 16.3 Å². The molecule has 20 heavy (non-hydrogen) atoms. The SMILES string of the molecule is Cc1cc(C)c(C(Cc2cncc(Br)c2)NN)c(C)c1. The lowest BCUT2D eigenvalue weighted by atomic mass is 9.91. The summed E-state index contributed by atoms with van der Waals surface area (Å²) >= 11 is 3.45. The van der Waals surface area contributed by atoms with E-state index in [4.69, 9.17) is 5.84 Å². The number of aryl methyl sites for hydroxylation is 3. The lowest BCUT2D eigenvalue weighted by Crippen LogP contribution is -2.30. The third-order valence-electron chi connectivity index (χ3n) is 3.49. The number of hydrogen-bond donors (Lipinski definition) is 2. The zero-order valence-electron chi connectivity index (χ0n) is 12.1. The van der Waals surface area contributed by atoms with Gasteiger partial charge in [0.15, 0.2) is 0 Å². The molecular weight excluding hydrogens is 314 g/mol. The van der Waals surface area contributed by atoms with E-state index in [0.717, 1.165) is 16.5 Å². The molecule has 106 valence electrons. The summed E-state index contributed by atoms with van der Waals surface area (Å²) in [6.45, 7) is 6.39. The highest BCUT2D eigenvalue weighted by atomic mass is 79.9. The van der Waals surface area contributed by atoms with Gasteiger partial charge in [-0.1, -0.05) is 17.7 Å². The minimum atomic E-state index is 0.0895. The van der Waals surface area contributed by atoms with Crippen molar-refractivity contribution in [2.45, 2.75) is 33.2 Å². The van der Waals surface area contributed by atoms with Crippen molar-refractivity contribution in [3.05, 3.63) is 62.9 Å². The number of aromatic nitrogens is 1. The summed E-state index contributed by atoms with van der Waals surface area (Å²) in [5.74, 6) is 5.78. The predicted molar refractivity (Wildman–Crippen MR) is 86.4 cm³/mol. The Kier molecular flexibility index (Phi) is 4.91. The quantitative estimate of drug-likeness (QED) is 0.664. The van der Waals surface area contributed by atoms with Crippen LogP contribution in [-0.4, -0.2) is 4.98 Å². The lowest BCUT2D eigenvalue weighted by molar-refractivity contribution is 0.546. The van der Waals surface area contributed by atoms with Crippen LogP contribution in [0.4, 0.5) is 0 Å². The third-order valence-corrected chi connectivity index (χ3v) is 3.92. The second-order valence-corrected chi connectivity index (χ2v) is 6.16. The number of rotatable bonds is 4. The van der Waals surface area contributed by atoms with Crippen LogP contribution in [-0.2, 0) is 6.42 Å². The number of halogens is 1. The van der Waals surface area contributed by atoms with Gasteiger partial charge in [-0.15, -0.1) is 0 Å². The number of pyridine rings is 1. The smallest absolute Gasteiger partial charge is 0.0506 e. The molecule has 0 radical (unpaired) electrons. The molecule has 3 N–H and O–H groups in total. The van der Waals surface area contributed by atoms with Gasteiger partial charge in [-0.05, 0) is 71.4 Å². The van der Waals surface area contributed by atoms with E-state index in [2.05, 4.69) is 65.3 Å². The molecule has 1 heterocycles. The summed E-state index contributed by atoms with van der Waals surface area (Å²) in [7, 11) is 0. The lowest BCUT2D eigenvalue weighted by Gasteiger charge is -2.21. The van der Waals surface area contributed by atoms with Crippen molar-refractivity contribution in [1.82, 2.24) is 10.4 Å². The Morgan fingerprint density at radius 1 is 1.15 bits per heavy atom. The van der Waals surface area contributed by atoms with Crippen LogP contribution in [0.2, 0.25) is 0 Å². The van der Waals surface area contributed by atoms with Crippen LogP contribution in [0.3, 0.4) is 0 Å². The van der Waals surface area contributed by atoms with Crippen LogP contribution < -0.4 is 11.3 Å². The molecule has 1 atom stereocenters. The monoisotopic (exact) mass is 333 g/mol. The number of nitrogens with one attached hydrogen (secondary N) is 1. The fraction of sp³-hybridized carbons (Fsp3) is 0.312. The molecule has 1 aromatic carbocycles. The molecule has 0 bridgehead atoms. The Balaban J connectivity index is 2.34. The molecule has 0 saturated carbocycles. The molecule has 1 unspecified atom stereocenters. The minimum Gasteiger partial charge on any atom is -0.271 e. The normalized spacial score (nSPS) is 12.4. The van der Waals surface area contributed by atoms with Crippen molar-refractivity contribution in [2.24, 2.45) is 5.84 Å². The topological polar surface area (TPSA) is 50.9 Å². The van der Waals surface area contributed by atoms with Crippen LogP contribution >= 0.6 is 15.9 Å². The van der Waals surface area contributed by atoms with Gasteiger partial charge >= 0.3 is 0 Å². The molecular formula is C16H20BrN3. The van der Waals surface area contributed by atoms with Crippen molar-refractivity contribution in [3.63, 3.8) is 0 Å². The molecule has 2 aromatic rings. The van der Waals surface area contributed by atoms with Gasteiger partial charge in [-0.25, -0.2) is 0 Å². The van der Waals surface area contributed by atoms with E-state index in [0.29, 0.717) is 0 Å². The maximum absolute atomic E-state index is 5.78. The molecule has 3 nitrogen and oxygen atoms in total. The first-order valence-electron chi connectivity index (χ1n) is 6.64. The van der Waals surface area contributed by atoms with Crippen LogP contribution in [0.5, 0.6) is 0 Å². The number of benzene rings is 1. The van der Waals surface area contributed by atoms with Gasteiger partial charge in [0.25, 0.3) is 0 Å². The van der Waals surface area contributed by atoms with E-state index < -0.39 is 0 Å². The molecule has 0 aliphatic heterocycles. The summed E-state index contributed by atoms with van der Waals surface area (Å²) in [5, 5.41) is 0. The Bertz CT molecular complexity index is 587. The van der Waals surface area contributed by atoms with Gasteiger partial charge in [0.05, 0.1) is 6.04 Å².